The fourth-order valence-corrected chi connectivity index (χ4v) is 2.06. The van der Waals surface area contributed by atoms with Gasteiger partial charge >= 0.3 is 0 Å². The highest BCUT2D eigenvalue weighted by atomic mass is 19.1. The molecule has 0 bridgehead atoms. The van der Waals surface area contributed by atoms with Crippen molar-refractivity contribution in [2.24, 2.45) is 0 Å². The number of pyridine rings is 1. The summed E-state index contributed by atoms with van der Waals surface area (Å²) < 4.78 is 31.7. The van der Waals surface area contributed by atoms with Crippen LogP contribution in [0, 0.1) is 18.6 Å². The van der Waals surface area contributed by atoms with E-state index in [9.17, 15) is 13.6 Å². The second kappa shape index (κ2) is 6.51. The van der Waals surface area contributed by atoms with Crippen LogP contribution >= 0.6 is 0 Å². The lowest BCUT2D eigenvalue weighted by Crippen LogP contribution is -2.27. The fraction of sp³-hybridized carbons (Fsp3) is 0.250. The minimum absolute atomic E-state index is 0.0159. The highest BCUT2D eigenvalue weighted by molar-refractivity contribution is 5.96. The fourth-order valence-electron chi connectivity index (χ4n) is 2.06. The lowest BCUT2D eigenvalue weighted by atomic mass is 10.1. The third kappa shape index (κ3) is 3.39. The van der Waals surface area contributed by atoms with E-state index < -0.39 is 11.6 Å². The summed E-state index contributed by atoms with van der Waals surface area (Å²) in [6.45, 7) is 1.82. The molecule has 0 saturated heterocycles. The van der Waals surface area contributed by atoms with Gasteiger partial charge in [-0.15, -0.1) is 0 Å². The van der Waals surface area contributed by atoms with E-state index >= 15 is 0 Å². The van der Waals surface area contributed by atoms with Crippen LogP contribution in [0.5, 0.6) is 5.88 Å². The number of benzene rings is 1. The molecule has 0 atom stereocenters. The van der Waals surface area contributed by atoms with Gasteiger partial charge < -0.3 is 9.64 Å². The van der Waals surface area contributed by atoms with E-state index in [0.29, 0.717) is 5.56 Å². The minimum Gasteiger partial charge on any atom is -0.480 e. The molecule has 0 unspecified atom stereocenters. The summed E-state index contributed by atoms with van der Waals surface area (Å²) in [4.78, 5) is 17.8. The molecule has 1 heterocycles. The maximum atomic E-state index is 13.7. The molecule has 1 aromatic carbocycles. The molecule has 0 fully saturated rings. The predicted octanol–water partition coefficient (Wildman–Crippen LogP) is 2.95. The SMILES string of the molecule is COc1ncc(C)cc1C(=O)N(C)Cc1ccc(F)cc1F. The number of halogens is 2. The number of carbonyl (C=O) groups excluding carboxylic acids is 1. The molecule has 0 aliphatic carbocycles. The van der Waals surface area contributed by atoms with E-state index in [0.717, 1.165) is 17.7 Å². The van der Waals surface area contributed by atoms with Crippen LogP contribution in [-0.4, -0.2) is 29.9 Å². The highest BCUT2D eigenvalue weighted by Crippen LogP contribution is 2.19. The first kappa shape index (κ1) is 15.9. The second-order valence-corrected chi connectivity index (χ2v) is 4.97. The molecule has 1 amide bonds. The Bertz CT molecular complexity index is 705. The first-order valence-electron chi connectivity index (χ1n) is 6.62. The second-order valence-electron chi connectivity index (χ2n) is 4.97. The summed E-state index contributed by atoms with van der Waals surface area (Å²) in [6.07, 6.45) is 1.59. The maximum Gasteiger partial charge on any atom is 0.259 e. The van der Waals surface area contributed by atoms with Crippen molar-refractivity contribution in [1.29, 1.82) is 0 Å². The zero-order valence-electron chi connectivity index (χ0n) is 12.6. The average Bonchev–Trinajstić information content (AvgIpc) is 2.49. The van der Waals surface area contributed by atoms with Crippen LogP contribution in [0.15, 0.2) is 30.5 Å². The van der Waals surface area contributed by atoms with E-state index in [1.54, 1.807) is 12.3 Å². The Balaban J connectivity index is 2.24. The van der Waals surface area contributed by atoms with Crippen LogP contribution in [0.25, 0.3) is 0 Å². The van der Waals surface area contributed by atoms with Gasteiger partial charge in [0.15, 0.2) is 0 Å². The monoisotopic (exact) mass is 306 g/mol. The molecule has 0 radical (unpaired) electrons. The third-order valence-corrected chi connectivity index (χ3v) is 3.18. The van der Waals surface area contributed by atoms with Gasteiger partial charge in [-0.05, 0) is 24.6 Å². The number of rotatable bonds is 4. The van der Waals surface area contributed by atoms with Crippen molar-refractivity contribution >= 4 is 5.91 Å². The van der Waals surface area contributed by atoms with Gasteiger partial charge in [-0.3, -0.25) is 4.79 Å². The zero-order valence-corrected chi connectivity index (χ0v) is 12.6. The van der Waals surface area contributed by atoms with Gasteiger partial charge in [-0.1, -0.05) is 6.07 Å². The Labute approximate surface area is 127 Å². The largest absolute Gasteiger partial charge is 0.480 e. The van der Waals surface area contributed by atoms with Crippen molar-refractivity contribution in [3.63, 3.8) is 0 Å². The van der Waals surface area contributed by atoms with E-state index in [-0.39, 0.29) is 23.9 Å². The van der Waals surface area contributed by atoms with Gasteiger partial charge in [0.25, 0.3) is 5.91 Å². The van der Waals surface area contributed by atoms with Gasteiger partial charge in [0.2, 0.25) is 5.88 Å². The number of methoxy groups -OCH3 is 1. The van der Waals surface area contributed by atoms with Crippen LogP contribution in [0.3, 0.4) is 0 Å². The third-order valence-electron chi connectivity index (χ3n) is 3.18. The number of amides is 1. The van der Waals surface area contributed by atoms with Gasteiger partial charge in [-0.25, -0.2) is 13.8 Å². The number of hydrogen-bond acceptors (Lipinski definition) is 3. The standard InChI is InChI=1S/C16H16F2N2O2/c1-10-6-13(15(22-3)19-8-10)16(21)20(2)9-11-4-5-12(17)7-14(11)18/h4-8H,9H2,1-3H3. The molecule has 0 spiro atoms. The Morgan fingerprint density at radius 3 is 2.68 bits per heavy atom. The van der Waals surface area contributed by atoms with Crippen molar-refractivity contribution in [3.8, 4) is 5.88 Å². The van der Waals surface area contributed by atoms with Crippen molar-refractivity contribution in [1.82, 2.24) is 9.88 Å². The first-order valence-corrected chi connectivity index (χ1v) is 6.62. The molecule has 1 aromatic heterocycles. The molecular formula is C16H16F2N2O2. The summed E-state index contributed by atoms with van der Waals surface area (Å²) in [5.41, 5.74) is 1.34. The summed E-state index contributed by atoms with van der Waals surface area (Å²) in [5, 5.41) is 0. The van der Waals surface area contributed by atoms with Crippen molar-refractivity contribution in [3.05, 3.63) is 58.8 Å². The average molecular weight is 306 g/mol. The molecule has 22 heavy (non-hydrogen) atoms. The number of hydrogen-bond donors (Lipinski definition) is 0. The van der Waals surface area contributed by atoms with E-state index in [1.165, 1.54) is 25.1 Å². The van der Waals surface area contributed by atoms with Gasteiger partial charge in [0, 0.05) is 31.4 Å². The van der Waals surface area contributed by atoms with E-state index in [2.05, 4.69) is 4.98 Å². The number of ether oxygens (including phenoxy) is 1. The van der Waals surface area contributed by atoms with Crippen molar-refractivity contribution in [2.75, 3.05) is 14.2 Å². The Morgan fingerprint density at radius 2 is 2.05 bits per heavy atom. The zero-order chi connectivity index (χ0) is 16.3. The van der Waals surface area contributed by atoms with E-state index in [1.807, 2.05) is 6.92 Å². The van der Waals surface area contributed by atoms with Crippen LogP contribution in [0.4, 0.5) is 8.78 Å². The smallest absolute Gasteiger partial charge is 0.259 e. The van der Waals surface area contributed by atoms with Crippen LogP contribution in [0.1, 0.15) is 21.5 Å². The summed E-state index contributed by atoms with van der Waals surface area (Å²) in [6, 6.07) is 4.93. The van der Waals surface area contributed by atoms with Gasteiger partial charge in [0.05, 0.1) is 7.11 Å². The number of carbonyl (C=O) groups is 1. The van der Waals surface area contributed by atoms with Crippen LogP contribution < -0.4 is 4.74 Å². The molecule has 116 valence electrons. The molecule has 2 aromatic rings. The van der Waals surface area contributed by atoms with Crippen molar-refractivity contribution in [2.45, 2.75) is 13.5 Å². The maximum absolute atomic E-state index is 13.7. The molecule has 6 heteroatoms. The molecule has 0 aliphatic heterocycles. The van der Waals surface area contributed by atoms with Gasteiger partial charge in [-0.2, -0.15) is 0 Å². The lowest BCUT2D eigenvalue weighted by molar-refractivity contribution is 0.0779. The number of aromatic nitrogens is 1. The Kier molecular flexibility index (Phi) is 4.70. The summed E-state index contributed by atoms with van der Waals surface area (Å²) in [5.74, 6) is -1.48. The molecular weight excluding hydrogens is 290 g/mol. The number of aryl methyl sites for hydroxylation is 1. The quantitative estimate of drug-likeness (QED) is 0.872. The molecule has 0 saturated carbocycles. The molecule has 0 aliphatic rings. The molecule has 4 nitrogen and oxygen atoms in total. The van der Waals surface area contributed by atoms with Crippen LogP contribution in [-0.2, 0) is 6.54 Å². The number of nitrogens with zero attached hydrogens (tertiary/aromatic N) is 2. The van der Waals surface area contributed by atoms with Crippen LogP contribution in [0.2, 0.25) is 0 Å². The normalized spacial score (nSPS) is 10.4. The Hall–Kier alpha value is -2.50. The van der Waals surface area contributed by atoms with Crippen molar-refractivity contribution < 1.29 is 18.3 Å². The first-order chi connectivity index (χ1) is 10.4. The lowest BCUT2D eigenvalue weighted by Gasteiger charge is -2.19. The Morgan fingerprint density at radius 1 is 1.32 bits per heavy atom. The summed E-state index contributed by atoms with van der Waals surface area (Å²) in [7, 11) is 2.96. The topological polar surface area (TPSA) is 42.4 Å². The molecule has 2 rings (SSSR count). The summed E-state index contributed by atoms with van der Waals surface area (Å²) >= 11 is 0. The van der Waals surface area contributed by atoms with E-state index in [4.69, 9.17) is 4.74 Å². The molecule has 0 N–H and O–H groups in total. The predicted molar refractivity (Wildman–Crippen MR) is 77.7 cm³/mol. The van der Waals surface area contributed by atoms with Gasteiger partial charge in [0.1, 0.15) is 17.2 Å². The highest BCUT2D eigenvalue weighted by Gasteiger charge is 2.19. The minimum atomic E-state index is -0.686.